The molecule has 0 fully saturated rings. The van der Waals surface area contributed by atoms with Crippen molar-refractivity contribution in [1.29, 1.82) is 0 Å². The summed E-state index contributed by atoms with van der Waals surface area (Å²) >= 11 is 3.11. The second-order valence-electron chi connectivity index (χ2n) is 3.28. The Bertz CT molecular complexity index is 454. The fourth-order valence-corrected chi connectivity index (χ4v) is 2.48. The Labute approximate surface area is 103 Å². The molecule has 0 saturated carbocycles. The van der Waals surface area contributed by atoms with Gasteiger partial charge >= 0.3 is 0 Å². The Balaban J connectivity index is 2.02. The van der Waals surface area contributed by atoms with E-state index >= 15 is 0 Å². The Morgan fingerprint density at radius 1 is 1.38 bits per heavy atom. The Hall–Kier alpha value is -1.00. The molecule has 0 saturated heterocycles. The van der Waals surface area contributed by atoms with E-state index in [0.717, 1.165) is 12.2 Å². The summed E-state index contributed by atoms with van der Waals surface area (Å²) in [5, 5.41) is 5.24. The van der Waals surface area contributed by atoms with Crippen molar-refractivity contribution in [2.24, 2.45) is 0 Å². The summed E-state index contributed by atoms with van der Waals surface area (Å²) in [6, 6.07) is 9.32. The first-order valence-electron chi connectivity index (χ1n) is 4.89. The minimum atomic E-state index is -0.163. The van der Waals surface area contributed by atoms with Crippen LogP contribution in [0.25, 0.3) is 0 Å². The van der Waals surface area contributed by atoms with E-state index in [1.807, 2.05) is 23.8 Å². The molecule has 0 unspecified atom stereocenters. The summed E-state index contributed by atoms with van der Waals surface area (Å²) in [7, 11) is 0. The van der Waals surface area contributed by atoms with Gasteiger partial charge in [-0.2, -0.15) is 0 Å². The molecule has 0 amide bonds. The molecule has 0 aliphatic carbocycles. The third-order valence-corrected chi connectivity index (χ3v) is 3.85. The number of benzene rings is 1. The van der Waals surface area contributed by atoms with Crippen molar-refractivity contribution in [1.82, 2.24) is 0 Å². The zero-order valence-electron chi connectivity index (χ0n) is 8.87. The molecular formula is C12H12FNS2. The van der Waals surface area contributed by atoms with Gasteiger partial charge in [0.2, 0.25) is 0 Å². The number of hydrogen-bond acceptors (Lipinski definition) is 3. The molecule has 84 valence electrons. The lowest BCUT2D eigenvalue weighted by Gasteiger charge is -2.06. The average Bonchev–Trinajstić information content (AvgIpc) is 2.79. The maximum Gasteiger partial charge on any atom is 0.138 e. The SMILES string of the molecule is CSc1ccc(NCc2cccs2)cc1F. The van der Waals surface area contributed by atoms with Gasteiger partial charge in [0.05, 0.1) is 0 Å². The number of rotatable bonds is 4. The van der Waals surface area contributed by atoms with Gasteiger partial charge in [0.1, 0.15) is 5.82 Å². The summed E-state index contributed by atoms with van der Waals surface area (Å²) in [5.74, 6) is -0.163. The van der Waals surface area contributed by atoms with Crippen LogP contribution < -0.4 is 5.32 Å². The largest absolute Gasteiger partial charge is 0.380 e. The molecular weight excluding hydrogens is 241 g/mol. The number of thiophene rings is 1. The molecule has 1 aromatic carbocycles. The highest BCUT2D eigenvalue weighted by atomic mass is 32.2. The second kappa shape index (κ2) is 5.37. The lowest BCUT2D eigenvalue weighted by molar-refractivity contribution is 0.602. The van der Waals surface area contributed by atoms with Gasteiger partial charge in [0.25, 0.3) is 0 Å². The first-order valence-corrected chi connectivity index (χ1v) is 7.00. The van der Waals surface area contributed by atoms with Gasteiger partial charge in [0.15, 0.2) is 0 Å². The Kier molecular flexibility index (Phi) is 3.85. The molecule has 0 aliphatic rings. The first-order chi connectivity index (χ1) is 7.79. The van der Waals surface area contributed by atoms with Crippen LogP contribution >= 0.6 is 23.1 Å². The van der Waals surface area contributed by atoms with E-state index in [0.29, 0.717) is 4.90 Å². The lowest BCUT2D eigenvalue weighted by atomic mass is 10.3. The van der Waals surface area contributed by atoms with Crippen LogP contribution in [-0.4, -0.2) is 6.26 Å². The summed E-state index contributed by atoms with van der Waals surface area (Å²) in [5.41, 5.74) is 0.823. The van der Waals surface area contributed by atoms with Crippen LogP contribution in [0.1, 0.15) is 4.88 Å². The van der Waals surface area contributed by atoms with Crippen molar-refractivity contribution >= 4 is 28.8 Å². The summed E-state index contributed by atoms with van der Waals surface area (Å²) in [6.07, 6.45) is 1.87. The number of anilines is 1. The van der Waals surface area contributed by atoms with E-state index in [-0.39, 0.29) is 5.82 Å². The van der Waals surface area contributed by atoms with Crippen LogP contribution in [0, 0.1) is 5.82 Å². The topological polar surface area (TPSA) is 12.0 Å². The molecule has 1 heterocycles. The smallest absolute Gasteiger partial charge is 0.138 e. The Morgan fingerprint density at radius 2 is 2.25 bits per heavy atom. The van der Waals surface area contributed by atoms with Gasteiger partial charge in [0, 0.05) is 22.0 Å². The highest BCUT2D eigenvalue weighted by Crippen LogP contribution is 2.22. The van der Waals surface area contributed by atoms with Gasteiger partial charge in [-0.05, 0) is 35.9 Å². The third kappa shape index (κ3) is 2.77. The highest BCUT2D eigenvalue weighted by Gasteiger charge is 2.02. The quantitative estimate of drug-likeness (QED) is 0.819. The molecule has 0 bridgehead atoms. The van der Waals surface area contributed by atoms with Crippen LogP contribution in [0.15, 0.2) is 40.6 Å². The van der Waals surface area contributed by atoms with Crippen LogP contribution in [0.5, 0.6) is 0 Å². The van der Waals surface area contributed by atoms with Crippen molar-refractivity contribution < 1.29 is 4.39 Å². The van der Waals surface area contributed by atoms with Gasteiger partial charge in [-0.3, -0.25) is 0 Å². The molecule has 2 rings (SSSR count). The lowest BCUT2D eigenvalue weighted by Crippen LogP contribution is -1.97. The number of halogens is 1. The maximum absolute atomic E-state index is 13.5. The van der Waals surface area contributed by atoms with E-state index in [1.165, 1.54) is 16.6 Å². The molecule has 0 spiro atoms. The van der Waals surface area contributed by atoms with Crippen LogP contribution in [-0.2, 0) is 6.54 Å². The molecule has 1 aromatic heterocycles. The second-order valence-corrected chi connectivity index (χ2v) is 5.16. The van der Waals surface area contributed by atoms with E-state index in [9.17, 15) is 4.39 Å². The number of thioether (sulfide) groups is 1. The monoisotopic (exact) mass is 253 g/mol. The number of nitrogens with one attached hydrogen (secondary N) is 1. The fourth-order valence-electron chi connectivity index (χ4n) is 1.38. The van der Waals surface area contributed by atoms with Crippen molar-refractivity contribution in [3.8, 4) is 0 Å². The van der Waals surface area contributed by atoms with E-state index in [2.05, 4.69) is 11.4 Å². The third-order valence-electron chi connectivity index (χ3n) is 2.20. The van der Waals surface area contributed by atoms with Crippen LogP contribution in [0.3, 0.4) is 0 Å². The summed E-state index contributed by atoms with van der Waals surface area (Å²) in [6.45, 7) is 0.746. The predicted octanol–water partition coefficient (Wildman–Crippen LogP) is 4.22. The molecule has 0 radical (unpaired) electrons. The minimum absolute atomic E-state index is 0.163. The molecule has 1 nitrogen and oxygen atoms in total. The molecule has 4 heteroatoms. The predicted molar refractivity (Wildman–Crippen MR) is 69.8 cm³/mol. The van der Waals surface area contributed by atoms with Crippen LogP contribution in [0.2, 0.25) is 0 Å². The molecule has 2 aromatic rings. The molecule has 0 aliphatic heterocycles. The van der Waals surface area contributed by atoms with Gasteiger partial charge in [-0.15, -0.1) is 23.1 Å². The maximum atomic E-state index is 13.5. The standard InChI is InChI=1S/C12H12FNS2/c1-15-12-5-4-9(7-11(12)13)14-8-10-3-2-6-16-10/h2-7,14H,8H2,1H3. The Morgan fingerprint density at radius 3 is 2.88 bits per heavy atom. The van der Waals surface area contributed by atoms with Gasteiger partial charge in [-0.1, -0.05) is 6.07 Å². The molecule has 0 atom stereocenters. The zero-order valence-corrected chi connectivity index (χ0v) is 10.5. The van der Waals surface area contributed by atoms with Crippen molar-refractivity contribution in [2.45, 2.75) is 11.4 Å². The number of hydrogen-bond donors (Lipinski definition) is 1. The average molecular weight is 253 g/mol. The summed E-state index contributed by atoms with van der Waals surface area (Å²) in [4.78, 5) is 1.93. The minimum Gasteiger partial charge on any atom is -0.380 e. The summed E-state index contributed by atoms with van der Waals surface area (Å²) < 4.78 is 13.5. The van der Waals surface area contributed by atoms with E-state index < -0.39 is 0 Å². The zero-order chi connectivity index (χ0) is 11.4. The van der Waals surface area contributed by atoms with Crippen molar-refractivity contribution in [2.75, 3.05) is 11.6 Å². The fraction of sp³-hybridized carbons (Fsp3) is 0.167. The molecule has 16 heavy (non-hydrogen) atoms. The molecule has 1 N–H and O–H groups in total. The van der Waals surface area contributed by atoms with Crippen molar-refractivity contribution in [3.05, 3.63) is 46.4 Å². The normalized spacial score (nSPS) is 10.4. The van der Waals surface area contributed by atoms with Gasteiger partial charge < -0.3 is 5.32 Å². The van der Waals surface area contributed by atoms with Gasteiger partial charge in [-0.25, -0.2) is 4.39 Å². The first kappa shape index (κ1) is 11.5. The van der Waals surface area contributed by atoms with E-state index in [1.54, 1.807) is 23.5 Å². The highest BCUT2D eigenvalue weighted by molar-refractivity contribution is 7.98. The van der Waals surface area contributed by atoms with E-state index in [4.69, 9.17) is 0 Å². The van der Waals surface area contributed by atoms with Crippen LogP contribution in [0.4, 0.5) is 10.1 Å². The van der Waals surface area contributed by atoms with Crippen molar-refractivity contribution in [3.63, 3.8) is 0 Å².